The molecule has 0 aliphatic heterocycles. The van der Waals surface area contributed by atoms with E-state index in [1.54, 1.807) is 0 Å². The third-order valence-corrected chi connectivity index (χ3v) is 3.16. The number of nitrogens with zero attached hydrogens (tertiary/aromatic N) is 1. The SMILES string of the molecule is CCCCCCC(C)Oc1ccc(CNCC)cn1. The number of pyridine rings is 1. The summed E-state index contributed by atoms with van der Waals surface area (Å²) in [5, 5.41) is 3.28. The second-order valence-electron chi connectivity index (χ2n) is 5.06. The Hall–Kier alpha value is -1.09. The zero-order valence-electron chi connectivity index (χ0n) is 12.6. The number of ether oxygens (including phenoxy) is 1. The first-order chi connectivity index (χ1) is 9.26. The first kappa shape index (κ1) is 16.0. The molecule has 0 aromatic carbocycles. The number of unbranched alkanes of at least 4 members (excludes halogenated alkanes) is 3. The Labute approximate surface area is 117 Å². The van der Waals surface area contributed by atoms with E-state index < -0.39 is 0 Å². The molecule has 0 fully saturated rings. The molecule has 3 nitrogen and oxygen atoms in total. The van der Waals surface area contributed by atoms with Crippen LogP contribution in [-0.2, 0) is 6.54 Å². The molecule has 1 rings (SSSR count). The second-order valence-corrected chi connectivity index (χ2v) is 5.06. The van der Waals surface area contributed by atoms with Crippen molar-refractivity contribution >= 4 is 0 Å². The molecular weight excluding hydrogens is 236 g/mol. The van der Waals surface area contributed by atoms with Crippen LogP contribution in [0.2, 0.25) is 0 Å². The van der Waals surface area contributed by atoms with E-state index in [9.17, 15) is 0 Å². The van der Waals surface area contributed by atoms with Gasteiger partial charge >= 0.3 is 0 Å². The summed E-state index contributed by atoms with van der Waals surface area (Å²) in [6.07, 6.45) is 8.41. The monoisotopic (exact) mass is 264 g/mol. The van der Waals surface area contributed by atoms with E-state index in [-0.39, 0.29) is 6.10 Å². The van der Waals surface area contributed by atoms with Crippen molar-refractivity contribution in [2.45, 2.75) is 65.5 Å². The van der Waals surface area contributed by atoms with Crippen molar-refractivity contribution < 1.29 is 4.74 Å². The number of hydrogen-bond acceptors (Lipinski definition) is 3. The lowest BCUT2D eigenvalue weighted by atomic mass is 10.1. The van der Waals surface area contributed by atoms with Crippen LogP contribution in [0.4, 0.5) is 0 Å². The lowest BCUT2D eigenvalue weighted by Crippen LogP contribution is -2.14. The molecule has 1 unspecified atom stereocenters. The Morgan fingerprint density at radius 1 is 1.21 bits per heavy atom. The van der Waals surface area contributed by atoms with Gasteiger partial charge in [-0.05, 0) is 31.9 Å². The molecule has 3 heteroatoms. The van der Waals surface area contributed by atoms with Gasteiger partial charge in [0.25, 0.3) is 0 Å². The van der Waals surface area contributed by atoms with Crippen LogP contribution >= 0.6 is 0 Å². The van der Waals surface area contributed by atoms with Gasteiger partial charge in [-0.15, -0.1) is 0 Å². The molecule has 19 heavy (non-hydrogen) atoms. The van der Waals surface area contributed by atoms with Gasteiger partial charge in [0.15, 0.2) is 0 Å². The van der Waals surface area contributed by atoms with E-state index in [4.69, 9.17) is 4.74 Å². The van der Waals surface area contributed by atoms with Gasteiger partial charge in [-0.1, -0.05) is 39.2 Å². The fraction of sp³-hybridized carbons (Fsp3) is 0.688. The van der Waals surface area contributed by atoms with E-state index in [2.05, 4.69) is 37.1 Å². The van der Waals surface area contributed by atoms with Crippen LogP contribution in [0.15, 0.2) is 18.3 Å². The van der Waals surface area contributed by atoms with Crippen molar-refractivity contribution in [2.75, 3.05) is 6.54 Å². The van der Waals surface area contributed by atoms with Gasteiger partial charge in [-0.2, -0.15) is 0 Å². The normalized spacial score (nSPS) is 12.4. The number of aromatic nitrogens is 1. The third-order valence-electron chi connectivity index (χ3n) is 3.16. The topological polar surface area (TPSA) is 34.1 Å². The van der Waals surface area contributed by atoms with Crippen molar-refractivity contribution in [1.29, 1.82) is 0 Å². The van der Waals surface area contributed by atoms with E-state index in [1.165, 1.54) is 31.2 Å². The summed E-state index contributed by atoms with van der Waals surface area (Å²) in [7, 11) is 0. The molecule has 0 saturated carbocycles. The van der Waals surface area contributed by atoms with E-state index in [0.29, 0.717) is 0 Å². The van der Waals surface area contributed by atoms with Crippen LogP contribution in [0.1, 0.15) is 58.4 Å². The summed E-state index contributed by atoms with van der Waals surface area (Å²) < 4.78 is 5.82. The van der Waals surface area contributed by atoms with Gasteiger partial charge in [0.2, 0.25) is 5.88 Å². The van der Waals surface area contributed by atoms with Crippen LogP contribution in [0.3, 0.4) is 0 Å². The minimum absolute atomic E-state index is 0.254. The Kier molecular flexibility index (Phi) is 8.23. The summed E-state index contributed by atoms with van der Waals surface area (Å²) >= 11 is 0. The molecule has 1 heterocycles. The first-order valence-electron chi connectivity index (χ1n) is 7.58. The molecule has 1 atom stereocenters. The summed E-state index contributed by atoms with van der Waals surface area (Å²) in [6, 6.07) is 4.05. The maximum atomic E-state index is 5.82. The fourth-order valence-electron chi connectivity index (χ4n) is 1.98. The van der Waals surface area contributed by atoms with E-state index >= 15 is 0 Å². The lowest BCUT2D eigenvalue weighted by molar-refractivity contribution is 0.198. The maximum Gasteiger partial charge on any atom is 0.213 e. The molecule has 0 spiro atoms. The quantitative estimate of drug-likeness (QED) is 0.650. The zero-order chi connectivity index (χ0) is 13.9. The van der Waals surface area contributed by atoms with Gasteiger partial charge < -0.3 is 10.1 Å². The number of hydrogen-bond donors (Lipinski definition) is 1. The third kappa shape index (κ3) is 7.16. The Morgan fingerprint density at radius 2 is 2.05 bits per heavy atom. The molecule has 1 aromatic rings. The van der Waals surface area contributed by atoms with Crippen molar-refractivity contribution in [2.24, 2.45) is 0 Å². The highest BCUT2D eigenvalue weighted by atomic mass is 16.5. The van der Waals surface area contributed by atoms with Gasteiger partial charge in [0.1, 0.15) is 0 Å². The minimum atomic E-state index is 0.254. The van der Waals surface area contributed by atoms with Crippen molar-refractivity contribution in [3.05, 3.63) is 23.9 Å². The molecule has 108 valence electrons. The van der Waals surface area contributed by atoms with Crippen molar-refractivity contribution in [1.82, 2.24) is 10.3 Å². The van der Waals surface area contributed by atoms with E-state index in [0.717, 1.165) is 25.4 Å². The van der Waals surface area contributed by atoms with Crippen LogP contribution in [-0.4, -0.2) is 17.6 Å². The molecular formula is C16H28N2O. The summed E-state index contributed by atoms with van der Waals surface area (Å²) in [5.41, 5.74) is 1.20. The lowest BCUT2D eigenvalue weighted by Gasteiger charge is -2.14. The summed E-state index contributed by atoms with van der Waals surface area (Å²) in [4.78, 5) is 4.35. The van der Waals surface area contributed by atoms with Crippen LogP contribution in [0.5, 0.6) is 5.88 Å². The van der Waals surface area contributed by atoms with Gasteiger partial charge in [0, 0.05) is 18.8 Å². The van der Waals surface area contributed by atoms with Gasteiger partial charge in [-0.25, -0.2) is 4.98 Å². The molecule has 0 bridgehead atoms. The fourth-order valence-corrected chi connectivity index (χ4v) is 1.98. The largest absolute Gasteiger partial charge is 0.475 e. The summed E-state index contributed by atoms with van der Waals surface area (Å²) in [6.45, 7) is 8.31. The second kappa shape index (κ2) is 9.79. The first-order valence-corrected chi connectivity index (χ1v) is 7.58. The molecule has 1 N–H and O–H groups in total. The van der Waals surface area contributed by atoms with Gasteiger partial charge in [0.05, 0.1) is 6.10 Å². The molecule has 0 aliphatic rings. The minimum Gasteiger partial charge on any atom is -0.475 e. The highest BCUT2D eigenvalue weighted by Crippen LogP contribution is 2.13. The Balaban J connectivity index is 2.27. The Bertz CT molecular complexity index is 324. The highest BCUT2D eigenvalue weighted by Gasteiger charge is 2.04. The smallest absolute Gasteiger partial charge is 0.213 e. The highest BCUT2D eigenvalue weighted by molar-refractivity contribution is 5.17. The molecule has 1 aromatic heterocycles. The maximum absolute atomic E-state index is 5.82. The van der Waals surface area contributed by atoms with Crippen LogP contribution in [0, 0.1) is 0 Å². The summed E-state index contributed by atoms with van der Waals surface area (Å²) in [5.74, 6) is 0.739. The Morgan fingerprint density at radius 3 is 2.68 bits per heavy atom. The van der Waals surface area contributed by atoms with Crippen molar-refractivity contribution in [3.8, 4) is 5.88 Å². The molecule has 0 aliphatic carbocycles. The number of rotatable bonds is 10. The van der Waals surface area contributed by atoms with Gasteiger partial charge in [-0.3, -0.25) is 0 Å². The average molecular weight is 264 g/mol. The number of nitrogens with one attached hydrogen (secondary N) is 1. The molecule has 0 saturated heterocycles. The van der Waals surface area contributed by atoms with E-state index in [1.807, 2.05) is 12.3 Å². The predicted molar refractivity (Wildman–Crippen MR) is 80.5 cm³/mol. The molecule has 0 radical (unpaired) electrons. The predicted octanol–water partition coefficient (Wildman–Crippen LogP) is 3.93. The molecule has 0 amide bonds. The van der Waals surface area contributed by atoms with Crippen molar-refractivity contribution in [3.63, 3.8) is 0 Å². The van der Waals surface area contributed by atoms with Crippen LogP contribution in [0.25, 0.3) is 0 Å². The average Bonchev–Trinajstić information content (AvgIpc) is 2.43. The van der Waals surface area contributed by atoms with Crippen LogP contribution < -0.4 is 10.1 Å². The standard InChI is InChI=1S/C16H28N2O/c1-4-6-7-8-9-14(3)19-16-11-10-15(13-18-16)12-17-5-2/h10-11,13-14,17H,4-9,12H2,1-3H3. The zero-order valence-corrected chi connectivity index (χ0v) is 12.6.